The molecule has 6 heteroatoms. The number of Topliss-reactive ketones (excluding diaryl/α,β-unsaturated/α-hetero) is 1. The van der Waals surface area contributed by atoms with Gasteiger partial charge in [0.2, 0.25) is 0 Å². The van der Waals surface area contributed by atoms with E-state index in [0.29, 0.717) is 27.7 Å². The smallest absolute Gasteiger partial charge is 0.189 e. The lowest BCUT2D eigenvalue weighted by atomic mass is 9.90. The third kappa shape index (κ3) is 2.84. The number of piperidine rings is 1. The molecule has 1 saturated heterocycles. The molecule has 3 aromatic rings. The number of hydrogen-bond acceptors (Lipinski definition) is 3. The molecule has 2 aromatic carbocycles. The Morgan fingerprint density at radius 3 is 2.79 bits per heavy atom. The predicted molar refractivity (Wildman–Crippen MR) is 102 cm³/mol. The molecule has 2 aliphatic heterocycles. The predicted octanol–water partition coefficient (Wildman–Crippen LogP) is 4.29. The molecule has 4 nitrogen and oxygen atoms in total. The molecule has 0 radical (unpaired) electrons. The zero-order valence-corrected chi connectivity index (χ0v) is 15.3. The molecular weight excluding hydrogens is 362 g/mol. The van der Waals surface area contributed by atoms with Gasteiger partial charge in [-0.2, -0.15) is 0 Å². The van der Waals surface area contributed by atoms with E-state index in [4.69, 9.17) is 4.74 Å². The largest absolute Gasteiger partial charge is 0.369 e. The summed E-state index contributed by atoms with van der Waals surface area (Å²) < 4.78 is 34.4. The Kier molecular flexibility index (Phi) is 4.25. The van der Waals surface area contributed by atoms with Gasteiger partial charge in [0.1, 0.15) is 18.2 Å². The molecule has 0 amide bonds. The van der Waals surface area contributed by atoms with Gasteiger partial charge >= 0.3 is 0 Å². The van der Waals surface area contributed by atoms with Crippen LogP contribution in [-0.2, 0) is 11.3 Å². The van der Waals surface area contributed by atoms with Crippen LogP contribution in [0.2, 0.25) is 0 Å². The zero-order chi connectivity index (χ0) is 19.3. The van der Waals surface area contributed by atoms with Gasteiger partial charge in [-0.25, -0.2) is 8.78 Å². The quantitative estimate of drug-likeness (QED) is 0.695. The molecule has 28 heavy (non-hydrogen) atoms. The van der Waals surface area contributed by atoms with Crippen molar-refractivity contribution in [3.8, 4) is 11.3 Å². The monoisotopic (exact) mass is 382 g/mol. The average molecular weight is 382 g/mol. The normalized spacial score (nSPS) is 19.8. The van der Waals surface area contributed by atoms with Crippen LogP contribution in [0.15, 0.2) is 30.3 Å². The Labute approximate surface area is 160 Å². The van der Waals surface area contributed by atoms with Gasteiger partial charge in [0.25, 0.3) is 0 Å². The molecule has 0 saturated carbocycles. The molecule has 2 N–H and O–H groups in total. The first kappa shape index (κ1) is 17.5. The van der Waals surface area contributed by atoms with E-state index < -0.39 is 5.82 Å². The Morgan fingerprint density at radius 1 is 1.11 bits per heavy atom. The summed E-state index contributed by atoms with van der Waals surface area (Å²) in [5.74, 6) is -0.800. The minimum Gasteiger partial charge on any atom is -0.369 e. The summed E-state index contributed by atoms with van der Waals surface area (Å²) in [4.78, 5) is 15.5. The van der Waals surface area contributed by atoms with E-state index in [1.807, 2.05) is 12.1 Å². The number of rotatable bonds is 2. The first-order chi connectivity index (χ1) is 13.6. The molecule has 0 spiro atoms. The molecule has 2 aliphatic rings. The maximum Gasteiger partial charge on any atom is 0.189 e. The van der Waals surface area contributed by atoms with Crippen LogP contribution in [-0.4, -0.2) is 30.5 Å². The van der Waals surface area contributed by atoms with Crippen molar-refractivity contribution in [2.24, 2.45) is 0 Å². The number of carbonyl (C=O) groups is 1. The van der Waals surface area contributed by atoms with Crippen LogP contribution in [0.3, 0.4) is 0 Å². The Balaban J connectivity index is 1.63. The summed E-state index contributed by atoms with van der Waals surface area (Å²) >= 11 is 0. The summed E-state index contributed by atoms with van der Waals surface area (Å²) in [7, 11) is 0. The van der Waals surface area contributed by atoms with Crippen molar-refractivity contribution in [2.75, 3.05) is 19.7 Å². The van der Waals surface area contributed by atoms with Gasteiger partial charge < -0.3 is 15.0 Å². The zero-order valence-electron chi connectivity index (χ0n) is 15.3. The highest BCUT2D eigenvalue weighted by atomic mass is 19.1. The SMILES string of the molecule is O=C1COCc2c(-c3ccc(C4CCCNC4)c(F)c3)[nH]c3cc(F)cc1c23. The number of halogens is 2. The molecule has 144 valence electrons. The highest BCUT2D eigenvalue weighted by molar-refractivity contribution is 6.11. The van der Waals surface area contributed by atoms with Crippen molar-refractivity contribution in [2.45, 2.75) is 25.4 Å². The lowest BCUT2D eigenvalue weighted by molar-refractivity contribution is 0.0742. The fourth-order valence-corrected chi connectivity index (χ4v) is 4.43. The second-order valence-electron chi connectivity index (χ2n) is 7.55. The van der Waals surface area contributed by atoms with Gasteiger partial charge in [0.05, 0.1) is 12.3 Å². The van der Waals surface area contributed by atoms with Gasteiger partial charge in [-0.1, -0.05) is 12.1 Å². The molecule has 1 unspecified atom stereocenters. The number of carbonyl (C=O) groups excluding carboxylic acids is 1. The summed E-state index contributed by atoms with van der Waals surface area (Å²) in [6, 6.07) is 7.86. The first-order valence-corrected chi connectivity index (χ1v) is 9.57. The van der Waals surface area contributed by atoms with Gasteiger partial charge in [0.15, 0.2) is 5.78 Å². The second-order valence-corrected chi connectivity index (χ2v) is 7.55. The van der Waals surface area contributed by atoms with Crippen LogP contribution in [0, 0.1) is 11.6 Å². The number of nitrogens with one attached hydrogen (secondary N) is 2. The van der Waals surface area contributed by atoms with Crippen molar-refractivity contribution in [1.29, 1.82) is 0 Å². The average Bonchev–Trinajstić information content (AvgIpc) is 2.97. The third-order valence-electron chi connectivity index (χ3n) is 5.77. The fraction of sp³-hybridized carbons (Fsp3) is 0.318. The Morgan fingerprint density at radius 2 is 2.00 bits per heavy atom. The third-order valence-corrected chi connectivity index (χ3v) is 5.77. The fourth-order valence-electron chi connectivity index (χ4n) is 4.43. The summed E-state index contributed by atoms with van der Waals surface area (Å²) in [5.41, 5.74) is 3.66. The highest BCUT2D eigenvalue weighted by Crippen LogP contribution is 2.37. The molecule has 1 fully saturated rings. The molecule has 0 aliphatic carbocycles. The van der Waals surface area contributed by atoms with E-state index in [9.17, 15) is 13.6 Å². The van der Waals surface area contributed by atoms with Gasteiger partial charge in [-0.05, 0) is 49.1 Å². The number of aromatic nitrogens is 1. The number of aromatic amines is 1. The van der Waals surface area contributed by atoms with Crippen LogP contribution in [0.1, 0.15) is 40.2 Å². The van der Waals surface area contributed by atoms with Crippen molar-refractivity contribution in [1.82, 2.24) is 10.3 Å². The molecule has 3 heterocycles. The van der Waals surface area contributed by atoms with Crippen LogP contribution in [0.5, 0.6) is 0 Å². The van der Waals surface area contributed by atoms with E-state index in [-0.39, 0.29) is 30.7 Å². The lowest BCUT2D eigenvalue weighted by Gasteiger charge is -2.23. The summed E-state index contributed by atoms with van der Waals surface area (Å²) in [6.45, 7) is 1.89. The number of benzene rings is 2. The molecule has 5 rings (SSSR count). The maximum absolute atomic E-state index is 14.9. The molecular formula is C22H20F2N2O2. The number of ether oxygens (including phenoxy) is 1. The van der Waals surface area contributed by atoms with E-state index >= 15 is 0 Å². The van der Waals surface area contributed by atoms with Gasteiger partial charge in [0, 0.05) is 34.1 Å². The Bertz CT molecular complexity index is 1080. The minimum absolute atomic E-state index is 0.0886. The van der Waals surface area contributed by atoms with Crippen LogP contribution in [0.25, 0.3) is 22.2 Å². The van der Waals surface area contributed by atoms with E-state index in [1.165, 1.54) is 18.2 Å². The molecule has 1 aromatic heterocycles. The van der Waals surface area contributed by atoms with Gasteiger partial charge in [-0.3, -0.25) is 4.79 Å². The number of ketones is 1. The van der Waals surface area contributed by atoms with Crippen LogP contribution in [0.4, 0.5) is 8.78 Å². The molecule has 0 bridgehead atoms. The maximum atomic E-state index is 14.9. The van der Waals surface area contributed by atoms with E-state index in [2.05, 4.69) is 10.3 Å². The van der Waals surface area contributed by atoms with Crippen LogP contribution < -0.4 is 5.32 Å². The highest BCUT2D eigenvalue weighted by Gasteiger charge is 2.25. The minimum atomic E-state index is -0.483. The Hall–Kier alpha value is -2.57. The van der Waals surface area contributed by atoms with E-state index in [1.54, 1.807) is 0 Å². The number of hydrogen-bond donors (Lipinski definition) is 2. The van der Waals surface area contributed by atoms with E-state index in [0.717, 1.165) is 37.1 Å². The van der Waals surface area contributed by atoms with Crippen LogP contribution >= 0.6 is 0 Å². The summed E-state index contributed by atoms with van der Waals surface area (Å²) in [6.07, 6.45) is 2.01. The first-order valence-electron chi connectivity index (χ1n) is 9.57. The van der Waals surface area contributed by atoms with Gasteiger partial charge in [-0.15, -0.1) is 0 Å². The molecule has 1 atom stereocenters. The van der Waals surface area contributed by atoms with Crippen molar-refractivity contribution >= 4 is 16.7 Å². The lowest BCUT2D eigenvalue weighted by Crippen LogP contribution is -2.28. The van der Waals surface area contributed by atoms with Crippen molar-refractivity contribution in [3.05, 3.63) is 58.7 Å². The number of H-pyrrole nitrogens is 1. The second kappa shape index (κ2) is 6.79. The topological polar surface area (TPSA) is 54.1 Å². The standard InChI is InChI=1S/C22H20F2N2O2/c23-14-7-16-20(27)11-28-10-17-21(16)19(8-14)26-22(17)12-3-4-15(18(24)6-12)13-2-1-5-25-9-13/h3-4,6-8,13,25-26H,1-2,5,9-11H2. The van der Waals surface area contributed by atoms with Crippen molar-refractivity contribution < 1.29 is 18.3 Å². The summed E-state index contributed by atoms with van der Waals surface area (Å²) in [5, 5.41) is 3.98. The van der Waals surface area contributed by atoms with Crippen molar-refractivity contribution in [3.63, 3.8) is 0 Å².